The number of nitrogens with zero attached hydrogens (tertiary/aromatic N) is 2. The Bertz CT molecular complexity index is 1990. The minimum atomic E-state index is -0.0533. The van der Waals surface area contributed by atoms with Crippen molar-refractivity contribution in [2.75, 3.05) is 0 Å². The van der Waals surface area contributed by atoms with E-state index in [1.54, 1.807) is 6.08 Å². The van der Waals surface area contributed by atoms with Crippen LogP contribution in [0.1, 0.15) is 15.9 Å². The zero-order valence-corrected chi connectivity index (χ0v) is 21.1. The summed E-state index contributed by atoms with van der Waals surface area (Å²) in [5, 5.41) is 12.9. The lowest BCUT2D eigenvalue weighted by molar-refractivity contribution is 0.104. The van der Waals surface area contributed by atoms with Gasteiger partial charge in [-0.2, -0.15) is 5.10 Å². The van der Waals surface area contributed by atoms with Crippen LogP contribution in [0.3, 0.4) is 0 Å². The van der Waals surface area contributed by atoms with Crippen molar-refractivity contribution < 1.29 is 4.79 Å². The molecule has 3 nitrogen and oxygen atoms in total. The summed E-state index contributed by atoms with van der Waals surface area (Å²) >= 11 is 6.29. The van der Waals surface area contributed by atoms with E-state index in [0.29, 0.717) is 10.6 Å². The molecular formula is C34H21ClN2O. The fourth-order valence-corrected chi connectivity index (χ4v) is 5.46. The Balaban J connectivity index is 1.45. The van der Waals surface area contributed by atoms with Crippen LogP contribution >= 0.6 is 11.6 Å². The fraction of sp³-hybridized carbons (Fsp3) is 0. The van der Waals surface area contributed by atoms with Crippen molar-refractivity contribution in [3.63, 3.8) is 0 Å². The molecule has 0 unspecified atom stereocenters. The molecule has 7 aromatic rings. The third kappa shape index (κ3) is 3.76. The first-order valence-electron chi connectivity index (χ1n) is 12.5. The molecule has 1 heterocycles. The number of hydrogen-bond acceptors (Lipinski definition) is 2. The van der Waals surface area contributed by atoms with Gasteiger partial charge in [-0.1, -0.05) is 103 Å². The number of ketones is 1. The highest BCUT2D eigenvalue weighted by Gasteiger charge is 2.17. The summed E-state index contributed by atoms with van der Waals surface area (Å²) in [5.74, 6) is -0.0533. The van der Waals surface area contributed by atoms with Gasteiger partial charge >= 0.3 is 0 Å². The smallest absolute Gasteiger partial charge is 0.185 e. The summed E-state index contributed by atoms with van der Waals surface area (Å²) in [7, 11) is 0. The largest absolute Gasteiger partial charge is 0.289 e. The molecule has 38 heavy (non-hydrogen) atoms. The number of benzene rings is 6. The molecule has 0 fully saturated rings. The van der Waals surface area contributed by atoms with E-state index in [1.165, 1.54) is 26.9 Å². The highest BCUT2D eigenvalue weighted by Crippen LogP contribution is 2.40. The summed E-state index contributed by atoms with van der Waals surface area (Å²) in [6.07, 6.45) is 5.43. The lowest BCUT2D eigenvalue weighted by Gasteiger charge is -2.13. The third-order valence-corrected chi connectivity index (χ3v) is 7.31. The van der Waals surface area contributed by atoms with Crippen LogP contribution in [-0.2, 0) is 0 Å². The molecule has 0 amide bonds. The van der Waals surface area contributed by atoms with E-state index in [-0.39, 0.29) is 5.78 Å². The van der Waals surface area contributed by atoms with Gasteiger partial charge in [-0.25, -0.2) is 4.68 Å². The Morgan fingerprint density at radius 3 is 2.24 bits per heavy atom. The number of allylic oxidation sites excluding steroid dienone is 1. The van der Waals surface area contributed by atoms with E-state index in [9.17, 15) is 4.79 Å². The maximum atomic E-state index is 12.9. The molecule has 0 saturated carbocycles. The lowest BCUT2D eigenvalue weighted by atomic mass is 9.90. The first-order chi connectivity index (χ1) is 18.7. The molecule has 0 aliphatic carbocycles. The monoisotopic (exact) mass is 508 g/mol. The summed E-state index contributed by atoms with van der Waals surface area (Å²) in [6.45, 7) is 0. The van der Waals surface area contributed by atoms with Crippen LogP contribution in [-0.4, -0.2) is 15.6 Å². The predicted octanol–water partition coefficient (Wildman–Crippen LogP) is 8.99. The van der Waals surface area contributed by atoms with Gasteiger partial charge in [-0.05, 0) is 62.7 Å². The quantitative estimate of drug-likeness (QED) is 0.132. The van der Waals surface area contributed by atoms with Crippen molar-refractivity contribution >= 4 is 55.8 Å². The standard InChI is InChI=1S/C34H21ClN2O/c35-27-10-5-11-28(20-27)37-21-26(16-19-31(38)22-6-2-1-3-7-22)34(36-37)30-18-15-25-13-12-23-8-4-9-24-14-17-29(30)33(25)32(23)24/h1-21H/b19-16+. The van der Waals surface area contributed by atoms with Crippen molar-refractivity contribution in [1.29, 1.82) is 0 Å². The number of carbonyl (C=O) groups is 1. The van der Waals surface area contributed by atoms with E-state index in [1.807, 2.05) is 71.6 Å². The van der Waals surface area contributed by atoms with Gasteiger partial charge in [0.25, 0.3) is 0 Å². The van der Waals surface area contributed by atoms with Crippen molar-refractivity contribution in [1.82, 2.24) is 9.78 Å². The van der Waals surface area contributed by atoms with Crippen LogP contribution in [0, 0.1) is 0 Å². The van der Waals surface area contributed by atoms with Crippen LogP contribution < -0.4 is 0 Å². The molecule has 0 bridgehead atoms. The second-order valence-electron chi connectivity index (χ2n) is 9.39. The van der Waals surface area contributed by atoms with Gasteiger partial charge in [-0.15, -0.1) is 0 Å². The molecule has 1 aromatic heterocycles. The van der Waals surface area contributed by atoms with Gasteiger partial charge in [0.15, 0.2) is 5.78 Å². The van der Waals surface area contributed by atoms with Gasteiger partial charge < -0.3 is 0 Å². The Morgan fingerprint density at radius 1 is 0.737 bits per heavy atom. The van der Waals surface area contributed by atoms with E-state index in [4.69, 9.17) is 16.7 Å². The average molecular weight is 509 g/mol. The van der Waals surface area contributed by atoms with Crippen LogP contribution in [0.25, 0.3) is 55.3 Å². The second-order valence-corrected chi connectivity index (χ2v) is 9.83. The number of hydrogen-bond donors (Lipinski definition) is 0. The molecule has 0 radical (unpaired) electrons. The molecule has 0 N–H and O–H groups in total. The Labute approximate surface area is 224 Å². The molecule has 0 aliphatic heterocycles. The normalized spacial score (nSPS) is 11.8. The van der Waals surface area contributed by atoms with Crippen molar-refractivity contribution in [3.8, 4) is 16.9 Å². The lowest BCUT2D eigenvalue weighted by Crippen LogP contribution is -1.95. The van der Waals surface area contributed by atoms with Crippen LogP contribution in [0.2, 0.25) is 5.02 Å². The molecule has 0 atom stereocenters. The van der Waals surface area contributed by atoms with Gasteiger partial charge in [-0.3, -0.25) is 4.79 Å². The van der Waals surface area contributed by atoms with Crippen LogP contribution in [0.15, 0.2) is 121 Å². The number of carbonyl (C=O) groups excluding carboxylic acids is 1. The van der Waals surface area contributed by atoms with E-state index < -0.39 is 0 Å². The zero-order chi connectivity index (χ0) is 25.6. The minimum absolute atomic E-state index is 0.0533. The maximum absolute atomic E-state index is 12.9. The number of aromatic nitrogens is 2. The highest BCUT2D eigenvalue weighted by molar-refractivity contribution is 6.30. The zero-order valence-electron chi connectivity index (χ0n) is 20.3. The van der Waals surface area contributed by atoms with Crippen molar-refractivity contribution in [2.24, 2.45) is 0 Å². The number of rotatable bonds is 5. The first kappa shape index (κ1) is 22.5. The summed E-state index contributed by atoms with van der Waals surface area (Å²) < 4.78 is 1.83. The van der Waals surface area contributed by atoms with Gasteiger partial charge in [0, 0.05) is 27.9 Å². The SMILES string of the molecule is O=C(/C=C/c1cn(-c2cccc(Cl)c2)nc1-c1ccc2ccc3cccc4ccc1c2c34)c1ccccc1. The van der Waals surface area contributed by atoms with Crippen molar-refractivity contribution in [2.45, 2.75) is 0 Å². The third-order valence-electron chi connectivity index (χ3n) is 7.07. The summed E-state index contributed by atoms with van der Waals surface area (Å²) in [5.41, 5.74) is 4.17. The highest BCUT2D eigenvalue weighted by atomic mass is 35.5. The molecular weight excluding hydrogens is 488 g/mol. The van der Waals surface area contributed by atoms with E-state index >= 15 is 0 Å². The van der Waals surface area contributed by atoms with Gasteiger partial charge in [0.05, 0.1) is 5.69 Å². The first-order valence-corrected chi connectivity index (χ1v) is 12.8. The molecule has 0 spiro atoms. The molecule has 7 rings (SSSR count). The molecule has 180 valence electrons. The van der Waals surface area contributed by atoms with E-state index in [0.717, 1.165) is 27.9 Å². The molecule has 4 heteroatoms. The fourth-order valence-electron chi connectivity index (χ4n) is 5.28. The summed E-state index contributed by atoms with van der Waals surface area (Å²) in [6, 6.07) is 36.3. The van der Waals surface area contributed by atoms with Crippen LogP contribution in [0.4, 0.5) is 0 Å². The average Bonchev–Trinajstić information content (AvgIpc) is 3.39. The van der Waals surface area contributed by atoms with Gasteiger partial charge in [0.1, 0.15) is 5.69 Å². The Morgan fingerprint density at radius 2 is 1.45 bits per heavy atom. The maximum Gasteiger partial charge on any atom is 0.185 e. The Kier molecular flexibility index (Phi) is 5.31. The topological polar surface area (TPSA) is 34.9 Å². The minimum Gasteiger partial charge on any atom is -0.289 e. The van der Waals surface area contributed by atoms with E-state index in [2.05, 4.69) is 54.6 Å². The Hall–Kier alpha value is -4.73. The number of halogens is 1. The molecule has 0 aliphatic rings. The van der Waals surface area contributed by atoms with Crippen molar-refractivity contribution in [3.05, 3.63) is 138 Å². The summed E-state index contributed by atoms with van der Waals surface area (Å²) in [4.78, 5) is 12.9. The van der Waals surface area contributed by atoms with Crippen LogP contribution in [0.5, 0.6) is 0 Å². The van der Waals surface area contributed by atoms with Gasteiger partial charge in [0.2, 0.25) is 0 Å². The second kappa shape index (κ2) is 8.98. The molecule has 0 saturated heterocycles. The molecule has 6 aromatic carbocycles. The predicted molar refractivity (Wildman–Crippen MR) is 158 cm³/mol.